The van der Waals surface area contributed by atoms with E-state index in [9.17, 15) is 4.79 Å². The summed E-state index contributed by atoms with van der Waals surface area (Å²) in [6.45, 7) is 2.94. The second kappa shape index (κ2) is 14.5. The van der Waals surface area contributed by atoms with Gasteiger partial charge in [0.2, 0.25) is 5.75 Å². The number of carbonyl (C=O) groups excluding carboxylic acids is 1. The number of nitrogens with one attached hydrogen (secondary N) is 2. The Hall–Kier alpha value is -4.01. The van der Waals surface area contributed by atoms with Gasteiger partial charge in [-0.3, -0.25) is 9.89 Å². The van der Waals surface area contributed by atoms with Crippen LogP contribution in [-0.2, 0) is 0 Å². The van der Waals surface area contributed by atoms with E-state index in [0.717, 1.165) is 17.7 Å². The third-order valence-corrected chi connectivity index (χ3v) is 5.84. The molecule has 0 bridgehead atoms. The fraction of sp³-hybridized carbons (Fsp3) is 0.393. The lowest BCUT2D eigenvalue weighted by atomic mass is 10.1. The van der Waals surface area contributed by atoms with Crippen LogP contribution in [0.3, 0.4) is 0 Å². The quantitative estimate of drug-likeness (QED) is 0.157. The van der Waals surface area contributed by atoms with Gasteiger partial charge in [-0.1, -0.05) is 39.0 Å². The summed E-state index contributed by atoms with van der Waals surface area (Å²) in [5, 5.41) is 11.1. The molecule has 0 unspecified atom stereocenters. The maximum Gasteiger partial charge on any atom is 0.289 e. The highest BCUT2D eigenvalue weighted by atomic mass is 16.5. The van der Waals surface area contributed by atoms with Gasteiger partial charge < -0.3 is 18.9 Å². The molecule has 9 heteroatoms. The molecule has 0 fully saturated rings. The number of amides is 1. The largest absolute Gasteiger partial charge is 0.494 e. The highest BCUT2D eigenvalue weighted by Gasteiger charge is 2.15. The number of H-pyrrole nitrogens is 1. The van der Waals surface area contributed by atoms with E-state index in [4.69, 9.17) is 18.9 Å². The number of benzene rings is 2. The first-order valence-electron chi connectivity index (χ1n) is 12.5. The molecular formula is C28H36N4O5. The molecule has 37 heavy (non-hydrogen) atoms. The van der Waals surface area contributed by atoms with Crippen LogP contribution in [0.5, 0.6) is 23.0 Å². The summed E-state index contributed by atoms with van der Waals surface area (Å²) in [5.41, 5.74) is 4.92. The van der Waals surface area contributed by atoms with Crippen LogP contribution < -0.4 is 24.4 Å². The normalized spacial score (nSPS) is 10.9. The van der Waals surface area contributed by atoms with Crippen LogP contribution in [0.2, 0.25) is 0 Å². The van der Waals surface area contributed by atoms with Crippen LogP contribution >= 0.6 is 0 Å². The van der Waals surface area contributed by atoms with E-state index in [2.05, 4.69) is 27.6 Å². The number of nitrogens with zero attached hydrogens (tertiary/aromatic N) is 2. The van der Waals surface area contributed by atoms with E-state index in [-0.39, 0.29) is 5.69 Å². The molecule has 2 aromatic carbocycles. The minimum Gasteiger partial charge on any atom is -0.494 e. The number of hydrogen-bond acceptors (Lipinski definition) is 7. The predicted molar refractivity (Wildman–Crippen MR) is 144 cm³/mol. The molecule has 0 spiro atoms. The Morgan fingerprint density at radius 3 is 2.38 bits per heavy atom. The molecule has 0 aliphatic rings. The van der Waals surface area contributed by atoms with Crippen molar-refractivity contribution in [3.05, 3.63) is 53.7 Å². The maximum atomic E-state index is 12.5. The molecule has 1 aromatic heterocycles. The summed E-state index contributed by atoms with van der Waals surface area (Å²) in [5.74, 6) is 1.82. The standard InChI is InChI=1S/C28H36N4O5/c1-5-6-7-8-9-10-17-37-22-14-11-20(12-15-22)23-18-24(31-30-23)28(33)32-29-19-21-13-16-25(34-2)27(36-4)26(21)35-3/h11-16,18-19H,5-10,17H2,1-4H3,(H,30,31)(H,32,33)/b29-19+. The smallest absolute Gasteiger partial charge is 0.289 e. The van der Waals surface area contributed by atoms with Crippen molar-refractivity contribution in [3.63, 3.8) is 0 Å². The van der Waals surface area contributed by atoms with Gasteiger partial charge in [0.15, 0.2) is 11.5 Å². The van der Waals surface area contributed by atoms with Crippen LogP contribution in [0.25, 0.3) is 11.3 Å². The number of ether oxygens (including phenoxy) is 4. The first kappa shape index (κ1) is 27.6. The van der Waals surface area contributed by atoms with Crippen molar-refractivity contribution in [2.75, 3.05) is 27.9 Å². The molecule has 0 atom stereocenters. The summed E-state index contributed by atoms with van der Waals surface area (Å²) >= 11 is 0. The molecule has 1 heterocycles. The van der Waals surface area contributed by atoms with E-state index < -0.39 is 5.91 Å². The average Bonchev–Trinajstić information content (AvgIpc) is 3.43. The molecule has 1 amide bonds. The van der Waals surface area contributed by atoms with Gasteiger partial charge in [0.05, 0.1) is 39.8 Å². The Morgan fingerprint density at radius 1 is 0.946 bits per heavy atom. The SMILES string of the molecule is CCCCCCCCOc1ccc(-c2cc(C(=O)N/N=C/c3ccc(OC)c(OC)c3OC)[nH]n2)cc1. The number of aromatic nitrogens is 2. The van der Waals surface area contributed by atoms with Crippen molar-refractivity contribution in [1.29, 1.82) is 0 Å². The zero-order chi connectivity index (χ0) is 26.5. The third kappa shape index (κ3) is 7.73. The topological polar surface area (TPSA) is 107 Å². The fourth-order valence-electron chi connectivity index (χ4n) is 3.83. The molecule has 0 radical (unpaired) electrons. The van der Waals surface area contributed by atoms with Gasteiger partial charge in [-0.15, -0.1) is 0 Å². The Balaban J connectivity index is 1.53. The van der Waals surface area contributed by atoms with Crippen molar-refractivity contribution < 1.29 is 23.7 Å². The summed E-state index contributed by atoms with van der Waals surface area (Å²) < 4.78 is 21.9. The van der Waals surface area contributed by atoms with E-state index in [1.807, 2.05) is 24.3 Å². The molecule has 0 saturated carbocycles. The first-order valence-corrected chi connectivity index (χ1v) is 12.5. The lowest BCUT2D eigenvalue weighted by Crippen LogP contribution is -2.18. The molecule has 198 valence electrons. The number of hydrazone groups is 1. The van der Waals surface area contributed by atoms with Crippen molar-refractivity contribution in [3.8, 4) is 34.3 Å². The fourth-order valence-corrected chi connectivity index (χ4v) is 3.83. The van der Waals surface area contributed by atoms with E-state index in [0.29, 0.717) is 35.1 Å². The summed E-state index contributed by atoms with van der Waals surface area (Å²) in [6, 6.07) is 12.9. The van der Waals surface area contributed by atoms with E-state index >= 15 is 0 Å². The van der Waals surface area contributed by atoms with E-state index in [1.165, 1.54) is 52.5 Å². The van der Waals surface area contributed by atoms with Crippen molar-refractivity contribution >= 4 is 12.1 Å². The van der Waals surface area contributed by atoms with Crippen molar-refractivity contribution in [1.82, 2.24) is 15.6 Å². The molecule has 9 nitrogen and oxygen atoms in total. The minimum absolute atomic E-state index is 0.287. The maximum absolute atomic E-state index is 12.5. The molecule has 3 rings (SSSR count). The molecule has 0 aliphatic heterocycles. The number of unbranched alkanes of at least 4 members (excludes halogenated alkanes) is 5. The van der Waals surface area contributed by atoms with Crippen LogP contribution in [0.4, 0.5) is 0 Å². The van der Waals surface area contributed by atoms with Crippen molar-refractivity contribution in [2.45, 2.75) is 45.4 Å². The van der Waals surface area contributed by atoms with Gasteiger partial charge >= 0.3 is 0 Å². The minimum atomic E-state index is -0.423. The Bertz CT molecular complexity index is 1160. The van der Waals surface area contributed by atoms with Gasteiger partial charge in [-0.2, -0.15) is 10.2 Å². The van der Waals surface area contributed by atoms with Gasteiger partial charge in [0.25, 0.3) is 5.91 Å². The second-order valence-electron chi connectivity index (χ2n) is 8.43. The molecule has 3 aromatic rings. The predicted octanol–water partition coefficient (Wildman–Crippen LogP) is 5.61. The highest BCUT2D eigenvalue weighted by molar-refractivity contribution is 5.94. The van der Waals surface area contributed by atoms with Crippen LogP contribution in [0.1, 0.15) is 61.5 Å². The Kier molecular flexibility index (Phi) is 10.8. The van der Waals surface area contributed by atoms with Crippen LogP contribution in [-0.4, -0.2) is 50.3 Å². The Labute approximate surface area is 218 Å². The van der Waals surface area contributed by atoms with Gasteiger partial charge in [-0.05, 0) is 48.9 Å². The first-order chi connectivity index (χ1) is 18.1. The number of aromatic amines is 1. The molecular weight excluding hydrogens is 472 g/mol. The number of hydrogen-bond donors (Lipinski definition) is 2. The number of methoxy groups -OCH3 is 3. The summed E-state index contributed by atoms with van der Waals surface area (Å²) in [7, 11) is 4.59. The zero-order valence-corrected chi connectivity index (χ0v) is 22.0. The van der Waals surface area contributed by atoms with Gasteiger partial charge in [0, 0.05) is 11.1 Å². The van der Waals surface area contributed by atoms with Gasteiger partial charge in [0.1, 0.15) is 11.4 Å². The third-order valence-electron chi connectivity index (χ3n) is 5.84. The number of carbonyl (C=O) groups is 1. The lowest BCUT2D eigenvalue weighted by Gasteiger charge is -2.13. The lowest BCUT2D eigenvalue weighted by molar-refractivity contribution is 0.0950. The second-order valence-corrected chi connectivity index (χ2v) is 8.43. The monoisotopic (exact) mass is 508 g/mol. The van der Waals surface area contributed by atoms with E-state index in [1.54, 1.807) is 25.3 Å². The zero-order valence-electron chi connectivity index (χ0n) is 22.0. The molecule has 0 saturated heterocycles. The average molecular weight is 509 g/mol. The van der Waals surface area contributed by atoms with Crippen molar-refractivity contribution in [2.24, 2.45) is 5.10 Å². The molecule has 2 N–H and O–H groups in total. The van der Waals surface area contributed by atoms with Crippen LogP contribution in [0.15, 0.2) is 47.6 Å². The number of rotatable bonds is 15. The highest BCUT2D eigenvalue weighted by Crippen LogP contribution is 2.39. The van der Waals surface area contributed by atoms with Gasteiger partial charge in [-0.25, -0.2) is 5.43 Å². The molecule has 0 aliphatic carbocycles. The van der Waals surface area contributed by atoms with Crippen LogP contribution in [0, 0.1) is 0 Å². The summed E-state index contributed by atoms with van der Waals surface area (Å²) in [4.78, 5) is 12.5. The summed E-state index contributed by atoms with van der Waals surface area (Å²) in [6.07, 6.45) is 8.86. The Morgan fingerprint density at radius 2 is 1.68 bits per heavy atom.